The van der Waals surface area contributed by atoms with Crippen molar-refractivity contribution in [3.8, 4) is 5.75 Å². The quantitative estimate of drug-likeness (QED) is 0.820. The Bertz CT molecular complexity index is 729. The average Bonchev–Trinajstić information content (AvgIpc) is 2.47. The van der Waals surface area contributed by atoms with Crippen LogP contribution in [0.5, 0.6) is 5.75 Å². The minimum atomic E-state index is -3.51. The summed E-state index contributed by atoms with van der Waals surface area (Å²) in [7, 11) is -3.51. The Kier molecular flexibility index (Phi) is 5.03. The third kappa shape index (κ3) is 3.98. The smallest absolute Gasteiger partial charge is 0.232 e. The average molecular weight is 323 g/mol. The van der Waals surface area contributed by atoms with Gasteiger partial charge in [0.2, 0.25) is 10.0 Å². The minimum absolute atomic E-state index is 0.114. The van der Waals surface area contributed by atoms with Gasteiger partial charge >= 0.3 is 0 Å². The van der Waals surface area contributed by atoms with E-state index in [1.807, 2.05) is 6.92 Å². The summed E-state index contributed by atoms with van der Waals surface area (Å²) in [5, 5.41) is 0. The summed E-state index contributed by atoms with van der Waals surface area (Å²) in [6.07, 6.45) is 1.14. The van der Waals surface area contributed by atoms with Gasteiger partial charge in [-0.25, -0.2) is 12.8 Å². The van der Waals surface area contributed by atoms with Gasteiger partial charge in [0.1, 0.15) is 11.6 Å². The Balaban J connectivity index is 2.41. The maximum absolute atomic E-state index is 13.0. The van der Waals surface area contributed by atoms with Crippen molar-refractivity contribution in [1.82, 2.24) is 0 Å². The minimum Gasteiger partial charge on any atom is -0.492 e. The predicted molar refractivity (Wildman–Crippen MR) is 85.0 cm³/mol. The van der Waals surface area contributed by atoms with E-state index in [9.17, 15) is 12.8 Å². The first kappa shape index (κ1) is 16.3. The lowest BCUT2D eigenvalue weighted by Crippen LogP contribution is -2.29. The SMILES string of the molecule is CCOc1ccccc1N(Cc1ccc(F)cc1)S(C)(=O)=O. The molecule has 0 bridgehead atoms. The fourth-order valence-electron chi connectivity index (χ4n) is 2.08. The molecule has 0 N–H and O–H groups in total. The van der Waals surface area contributed by atoms with E-state index in [4.69, 9.17) is 4.74 Å². The molecule has 118 valence electrons. The zero-order valence-electron chi connectivity index (χ0n) is 12.5. The molecule has 4 nitrogen and oxygen atoms in total. The van der Waals surface area contributed by atoms with Crippen LogP contribution >= 0.6 is 0 Å². The molecule has 0 spiro atoms. The molecule has 22 heavy (non-hydrogen) atoms. The van der Waals surface area contributed by atoms with Gasteiger partial charge < -0.3 is 4.74 Å². The number of benzene rings is 2. The van der Waals surface area contributed by atoms with Gasteiger partial charge in [0.25, 0.3) is 0 Å². The number of nitrogens with zero attached hydrogens (tertiary/aromatic N) is 1. The molecule has 0 aliphatic heterocycles. The zero-order chi connectivity index (χ0) is 16.2. The van der Waals surface area contributed by atoms with Gasteiger partial charge in [-0.2, -0.15) is 0 Å². The van der Waals surface area contributed by atoms with Crippen LogP contribution in [0.4, 0.5) is 10.1 Å². The number of ether oxygens (including phenoxy) is 1. The van der Waals surface area contributed by atoms with Crippen LogP contribution in [0.15, 0.2) is 48.5 Å². The molecule has 0 heterocycles. The molecule has 0 saturated carbocycles. The fraction of sp³-hybridized carbons (Fsp3) is 0.250. The van der Waals surface area contributed by atoms with Crippen molar-refractivity contribution in [3.63, 3.8) is 0 Å². The van der Waals surface area contributed by atoms with Gasteiger partial charge in [-0.3, -0.25) is 4.31 Å². The van der Waals surface area contributed by atoms with Gasteiger partial charge in [-0.1, -0.05) is 24.3 Å². The lowest BCUT2D eigenvalue weighted by molar-refractivity contribution is 0.341. The van der Waals surface area contributed by atoms with E-state index in [0.29, 0.717) is 23.6 Å². The molecule has 0 aliphatic rings. The van der Waals surface area contributed by atoms with Crippen LogP contribution in [-0.2, 0) is 16.6 Å². The summed E-state index contributed by atoms with van der Waals surface area (Å²) in [4.78, 5) is 0. The first-order chi connectivity index (χ1) is 10.4. The molecule has 0 fully saturated rings. The van der Waals surface area contributed by atoms with Crippen LogP contribution in [0.2, 0.25) is 0 Å². The Morgan fingerprint density at radius 3 is 2.32 bits per heavy atom. The van der Waals surface area contributed by atoms with Crippen molar-refractivity contribution in [3.05, 3.63) is 59.9 Å². The topological polar surface area (TPSA) is 46.6 Å². The summed E-state index contributed by atoms with van der Waals surface area (Å²) >= 11 is 0. The zero-order valence-corrected chi connectivity index (χ0v) is 13.3. The van der Waals surface area contributed by atoms with Crippen molar-refractivity contribution in [2.75, 3.05) is 17.2 Å². The number of halogens is 1. The van der Waals surface area contributed by atoms with Gasteiger partial charge in [0, 0.05) is 0 Å². The van der Waals surface area contributed by atoms with Crippen LogP contribution in [0, 0.1) is 5.82 Å². The number of hydrogen-bond acceptors (Lipinski definition) is 3. The summed E-state index contributed by atoms with van der Waals surface area (Å²) < 4.78 is 44.1. The number of rotatable bonds is 6. The van der Waals surface area contributed by atoms with E-state index in [-0.39, 0.29) is 12.4 Å². The van der Waals surface area contributed by atoms with Crippen LogP contribution in [0.3, 0.4) is 0 Å². The molecule has 2 rings (SSSR count). The highest BCUT2D eigenvalue weighted by Gasteiger charge is 2.21. The number of anilines is 1. The first-order valence-electron chi connectivity index (χ1n) is 6.86. The van der Waals surface area contributed by atoms with Crippen molar-refractivity contribution >= 4 is 15.7 Å². The Morgan fingerprint density at radius 1 is 1.09 bits per heavy atom. The summed E-state index contributed by atoms with van der Waals surface area (Å²) in [6, 6.07) is 12.7. The number of hydrogen-bond donors (Lipinski definition) is 0. The Labute approximate surface area is 130 Å². The maximum atomic E-state index is 13.0. The van der Waals surface area contributed by atoms with E-state index in [0.717, 1.165) is 6.26 Å². The first-order valence-corrected chi connectivity index (χ1v) is 8.70. The van der Waals surface area contributed by atoms with Crippen molar-refractivity contribution in [2.45, 2.75) is 13.5 Å². The molecule has 0 atom stereocenters. The summed E-state index contributed by atoms with van der Waals surface area (Å²) in [5.41, 5.74) is 1.16. The molecule has 0 aliphatic carbocycles. The Hall–Kier alpha value is -2.08. The van der Waals surface area contributed by atoms with Crippen LogP contribution in [0.25, 0.3) is 0 Å². The summed E-state index contributed by atoms with van der Waals surface area (Å²) in [5.74, 6) is 0.141. The van der Waals surface area contributed by atoms with Crippen LogP contribution < -0.4 is 9.04 Å². The second-order valence-electron chi connectivity index (χ2n) is 4.80. The highest BCUT2D eigenvalue weighted by molar-refractivity contribution is 7.92. The van der Waals surface area contributed by atoms with Gasteiger partial charge in [0.15, 0.2) is 0 Å². The van der Waals surface area contributed by atoms with E-state index in [1.165, 1.54) is 16.4 Å². The number of sulfonamides is 1. The molecule has 0 aromatic heterocycles. The largest absolute Gasteiger partial charge is 0.492 e. The molecule has 2 aromatic rings. The third-order valence-corrected chi connectivity index (χ3v) is 4.20. The monoisotopic (exact) mass is 323 g/mol. The van der Waals surface area contributed by atoms with E-state index >= 15 is 0 Å². The highest BCUT2D eigenvalue weighted by atomic mass is 32.2. The third-order valence-electron chi connectivity index (χ3n) is 3.07. The van der Waals surface area contributed by atoms with Crippen LogP contribution in [-0.4, -0.2) is 21.3 Å². The molecular weight excluding hydrogens is 305 g/mol. The highest BCUT2D eigenvalue weighted by Crippen LogP contribution is 2.31. The Morgan fingerprint density at radius 2 is 1.73 bits per heavy atom. The lowest BCUT2D eigenvalue weighted by Gasteiger charge is -2.24. The van der Waals surface area contributed by atoms with Crippen molar-refractivity contribution < 1.29 is 17.5 Å². The normalized spacial score (nSPS) is 11.2. The molecule has 0 unspecified atom stereocenters. The molecule has 0 saturated heterocycles. The molecule has 0 radical (unpaired) electrons. The molecule has 6 heteroatoms. The van der Waals surface area contributed by atoms with E-state index in [2.05, 4.69) is 0 Å². The van der Waals surface area contributed by atoms with Gasteiger partial charge in [0.05, 0.1) is 25.1 Å². The standard InChI is InChI=1S/C16H18FNO3S/c1-3-21-16-7-5-4-6-15(16)18(22(2,19)20)12-13-8-10-14(17)11-9-13/h4-11H,3,12H2,1-2H3. The maximum Gasteiger partial charge on any atom is 0.232 e. The predicted octanol–water partition coefficient (Wildman–Crippen LogP) is 3.19. The van der Waals surface area contributed by atoms with E-state index < -0.39 is 10.0 Å². The lowest BCUT2D eigenvalue weighted by atomic mass is 10.2. The number of para-hydroxylation sites is 2. The molecule has 0 amide bonds. The van der Waals surface area contributed by atoms with Crippen LogP contribution in [0.1, 0.15) is 12.5 Å². The second-order valence-corrected chi connectivity index (χ2v) is 6.70. The molecule has 2 aromatic carbocycles. The van der Waals surface area contributed by atoms with E-state index in [1.54, 1.807) is 36.4 Å². The second kappa shape index (κ2) is 6.79. The van der Waals surface area contributed by atoms with Gasteiger partial charge in [-0.05, 0) is 36.8 Å². The van der Waals surface area contributed by atoms with Crippen molar-refractivity contribution in [2.24, 2.45) is 0 Å². The fourth-order valence-corrected chi connectivity index (χ4v) is 2.97. The summed E-state index contributed by atoms with van der Waals surface area (Å²) in [6.45, 7) is 2.38. The molecular formula is C16H18FNO3S. The van der Waals surface area contributed by atoms with Gasteiger partial charge in [-0.15, -0.1) is 0 Å². The van der Waals surface area contributed by atoms with Crippen molar-refractivity contribution in [1.29, 1.82) is 0 Å².